The standard InChI is InChI=1S/C14H15NO3/c1-3-10-12(9-16)15-8-6-5-7-11(15)13(10)14(17)18-4-2/h5-9H,3-4H2,1-2H3. The molecule has 0 aliphatic heterocycles. The van der Waals surface area contributed by atoms with Crippen molar-refractivity contribution < 1.29 is 14.3 Å². The van der Waals surface area contributed by atoms with E-state index in [2.05, 4.69) is 0 Å². The highest BCUT2D eigenvalue weighted by Crippen LogP contribution is 2.24. The van der Waals surface area contributed by atoms with E-state index < -0.39 is 0 Å². The van der Waals surface area contributed by atoms with Gasteiger partial charge in [-0.3, -0.25) is 4.79 Å². The molecule has 0 amide bonds. The highest BCUT2D eigenvalue weighted by atomic mass is 16.5. The molecule has 2 aromatic rings. The van der Waals surface area contributed by atoms with Crippen molar-refractivity contribution in [3.05, 3.63) is 41.2 Å². The van der Waals surface area contributed by atoms with E-state index in [4.69, 9.17) is 4.74 Å². The number of hydrogen-bond acceptors (Lipinski definition) is 3. The zero-order chi connectivity index (χ0) is 13.1. The molecule has 2 heterocycles. The fourth-order valence-electron chi connectivity index (χ4n) is 2.20. The Hall–Kier alpha value is -2.10. The Kier molecular flexibility index (Phi) is 3.46. The minimum absolute atomic E-state index is 0.322. The van der Waals surface area contributed by atoms with E-state index in [9.17, 15) is 9.59 Å². The smallest absolute Gasteiger partial charge is 0.340 e. The second-order valence-corrected chi connectivity index (χ2v) is 3.89. The second kappa shape index (κ2) is 5.04. The lowest BCUT2D eigenvalue weighted by atomic mass is 10.1. The summed E-state index contributed by atoms with van der Waals surface area (Å²) in [5.74, 6) is -0.369. The van der Waals surface area contributed by atoms with Gasteiger partial charge >= 0.3 is 5.97 Å². The Bertz CT molecular complexity index is 598. The van der Waals surface area contributed by atoms with E-state index in [0.29, 0.717) is 24.3 Å². The third-order valence-corrected chi connectivity index (χ3v) is 2.93. The maximum Gasteiger partial charge on any atom is 0.340 e. The molecule has 94 valence electrons. The Morgan fingerprint density at radius 1 is 1.39 bits per heavy atom. The van der Waals surface area contributed by atoms with E-state index in [1.165, 1.54) is 0 Å². The second-order valence-electron chi connectivity index (χ2n) is 3.89. The molecule has 4 nitrogen and oxygen atoms in total. The number of carbonyl (C=O) groups excluding carboxylic acids is 2. The minimum Gasteiger partial charge on any atom is -0.462 e. The van der Waals surface area contributed by atoms with Crippen LogP contribution in [0.15, 0.2) is 24.4 Å². The predicted octanol–water partition coefficient (Wildman–Crippen LogP) is 2.49. The molecule has 0 aromatic carbocycles. The summed E-state index contributed by atoms with van der Waals surface area (Å²) in [5.41, 5.74) is 2.49. The normalized spacial score (nSPS) is 10.6. The van der Waals surface area contributed by atoms with Gasteiger partial charge in [0.05, 0.1) is 23.4 Å². The molecule has 2 rings (SSSR count). The zero-order valence-corrected chi connectivity index (χ0v) is 10.5. The first-order valence-electron chi connectivity index (χ1n) is 5.98. The number of hydrogen-bond donors (Lipinski definition) is 0. The fraction of sp³-hybridized carbons (Fsp3) is 0.286. The Morgan fingerprint density at radius 2 is 2.17 bits per heavy atom. The maximum absolute atomic E-state index is 12.0. The van der Waals surface area contributed by atoms with Gasteiger partial charge in [-0.15, -0.1) is 0 Å². The van der Waals surface area contributed by atoms with Crippen molar-refractivity contribution in [3.63, 3.8) is 0 Å². The molecule has 0 spiro atoms. The first kappa shape index (κ1) is 12.4. The maximum atomic E-state index is 12.0. The van der Waals surface area contributed by atoms with Crippen molar-refractivity contribution in [1.29, 1.82) is 0 Å². The van der Waals surface area contributed by atoms with Crippen LogP contribution in [0, 0.1) is 0 Å². The monoisotopic (exact) mass is 245 g/mol. The summed E-state index contributed by atoms with van der Waals surface area (Å²) in [7, 11) is 0. The molecule has 0 fully saturated rings. The first-order valence-corrected chi connectivity index (χ1v) is 5.98. The molecule has 0 saturated carbocycles. The van der Waals surface area contributed by atoms with Gasteiger partial charge in [-0.05, 0) is 31.0 Å². The van der Waals surface area contributed by atoms with Crippen LogP contribution in [0.1, 0.15) is 40.3 Å². The lowest BCUT2D eigenvalue weighted by Gasteiger charge is -2.02. The van der Waals surface area contributed by atoms with Gasteiger partial charge in [-0.25, -0.2) is 4.79 Å². The first-order chi connectivity index (χ1) is 8.74. The average Bonchev–Trinajstić information content (AvgIpc) is 2.72. The van der Waals surface area contributed by atoms with Gasteiger partial charge in [-0.2, -0.15) is 0 Å². The molecule has 18 heavy (non-hydrogen) atoms. The summed E-state index contributed by atoms with van der Waals surface area (Å²) in [4.78, 5) is 23.2. The molecule has 0 N–H and O–H groups in total. The number of fused-ring (bicyclic) bond motifs is 1. The summed E-state index contributed by atoms with van der Waals surface area (Å²) >= 11 is 0. The van der Waals surface area contributed by atoms with Gasteiger partial charge < -0.3 is 9.14 Å². The molecular formula is C14H15NO3. The average molecular weight is 245 g/mol. The Labute approximate surface area is 105 Å². The van der Waals surface area contributed by atoms with Crippen molar-refractivity contribution >= 4 is 17.8 Å². The molecule has 0 saturated heterocycles. The van der Waals surface area contributed by atoms with Crippen LogP contribution in [0.3, 0.4) is 0 Å². The predicted molar refractivity (Wildman–Crippen MR) is 68.1 cm³/mol. The molecule has 0 unspecified atom stereocenters. The summed E-state index contributed by atoms with van der Waals surface area (Å²) < 4.78 is 6.80. The van der Waals surface area contributed by atoms with Crippen molar-refractivity contribution in [2.24, 2.45) is 0 Å². The van der Waals surface area contributed by atoms with E-state index in [-0.39, 0.29) is 5.97 Å². The number of aldehydes is 1. The molecule has 0 bridgehead atoms. The Balaban J connectivity index is 2.77. The van der Waals surface area contributed by atoms with Crippen LogP contribution in [0.4, 0.5) is 0 Å². The fourth-order valence-corrected chi connectivity index (χ4v) is 2.20. The van der Waals surface area contributed by atoms with Crippen molar-refractivity contribution in [1.82, 2.24) is 4.40 Å². The summed E-state index contributed by atoms with van der Waals surface area (Å²) in [6, 6.07) is 5.48. The van der Waals surface area contributed by atoms with E-state index in [0.717, 1.165) is 17.4 Å². The molecular weight excluding hydrogens is 230 g/mol. The van der Waals surface area contributed by atoms with Gasteiger partial charge in [0.1, 0.15) is 0 Å². The highest BCUT2D eigenvalue weighted by Gasteiger charge is 2.22. The van der Waals surface area contributed by atoms with Crippen LogP contribution in [-0.4, -0.2) is 23.3 Å². The van der Waals surface area contributed by atoms with Gasteiger partial charge in [0.15, 0.2) is 6.29 Å². The topological polar surface area (TPSA) is 47.8 Å². The number of aromatic nitrogens is 1. The number of nitrogens with zero attached hydrogens (tertiary/aromatic N) is 1. The number of rotatable bonds is 4. The molecule has 4 heteroatoms. The number of carbonyl (C=O) groups is 2. The van der Waals surface area contributed by atoms with Crippen LogP contribution >= 0.6 is 0 Å². The highest BCUT2D eigenvalue weighted by molar-refractivity contribution is 6.02. The number of esters is 1. The number of ether oxygens (including phenoxy) is 1. The molecule has 0 radical (unpaired) electrons. The molecule has 2 aromatic heterocycles. The van der Waals surface area contributed by atoms with E-state index in [1.807, 2.05) is 25.1 Å². The van der Waals surface area contributed by atoms with Crippen molar-refractivity contribution in [2.45, 2.75) is 20.3 Å². The van der Waals surface area contributed by atoms with Gasteiger partial charge in [0, 0.05) is 6.20 Å². The van der Waals surface area contributed by atoms with Crippen LogP contribution in [-0.2, 0) is 11.2 Å². The third-order valence-electron chi connectivity index (χ3n) is 2.93. The summed E-state index contributed by atoms with van der Waals surface area (Å²) in [6.07, 6.45) is 3.18. The molecule has 0 aliphatic rings. The van der Waals surface area contributed by atoms with Gasteiger partial charge in [0.2, 0.25) is 0 Å². The van der Waals surface area contributed by atoms with Gasteiger partial charge in [0.25, 0.3) is 0 Å². The summed E-state index contributed by atoms with van der Waals surface area (Å²) in [5, 5.41) is 0. The lowest BCUT2D eigenvalue weighted by Crippen LogP contribution is -2.06. The van der Waals surface area contributed by atoms with Gasteiger partial charge in [-0.1, -0.05) is 13.0 Å². The number of pyridine rings is 1. The van der Waals surface area contributed by atoms with Crippen molar-refractivity contribution in [2.75, 3.05) is 6.61 Å². The van der Waals surface area contributed by atoms with Crippen molar-refractivity contribution in [3.8, 4) is 0 Å². The van der Waals surface area contributed by atoms with Crippen LogP contribution < -0.4 is 0 Å². The Morgan fingerprint density at radius 3 is 2.78 bits per heavy atom. The third kappa shape index (κ3) is 1.79. The van der Waals surface area contributed by atoms with E-state index >= 15 is 0 Å². The molecule has 0 atom stereocenters. The minimum atomic E-state index is -0.369. The largest absolute Gasteiger partial charge is 0.462 e. The quantitative estimate of drug-likeness (QED) is 0.614. The lowest BCUT2D eigenvalue weighted by molar-refractivity contribution is 0.0527. The van der Waals surface area contributed by atoms with Crippen LogP contribution in [0.25, 0.3) is 5.52 Å². The van der Waals surface area contributed by atoms with Crippen LogP contribution in [0.2, 0.25) is 0 Å². The zero-order valence-electron chi connectivity index (χ0n) is 10.5. The summed E-state index contributed by atoms with van der Waals surface area (Å²) in [6.45, 7) is 4.01. The SMILES string of the molecule is CCOC(=O)c1c(CC)c(C=O)n2ccccc12. The van der Waals surface area contributed by atoms with E-state index in [1.54, 1.807) is 17.5 Å². The van der Waals surface area contributed by atoms with Crippen LogP contribution in [0.5, 0.6) is 0 Å². The molecule has 0 aliphatic carbocycles.